The molecule has 0 aliphatic heterocycles. The van der Waals surface area contributed by atoms with Gasteiger partial charge in [0.2, 0.25) is 0 Å². The van der Waals surface area contributed by atoms with Crippen molar-refractivity contribution in [2.45, 2.75) is 31.1 Å². The molecule has 2 rings (SSSR count). The Morgan fingerprint density at radius 3 is 2.68 bits per heavy atom. The molecule has 0 aromatic heterocycles. The lowest BCUT2D eigenvalue weighted by atomic mass is 10.1. The number of carbonyl (C=O) groups excluding carboxylic acids is 1. The zero-order chi connectivity index (χ0) is 14.0. The zero-order valence-corrected chi connectivity index (χ0v) is 12.2. The molecule has 104 valence electrons. The molecule has 1 N–H and O–H groups in total. The molecule has 0 bridgehead atoms. The van der Waals surface area contributed by atoms with Gasteiger partial charge < -0.3 is 5.32 Å². The average molecular weight is 302 g/mol. The first-order valence-corrected chi connectivity index (χ1v) is 8.52. The number of benzene rings is 1. The molecule has 1 aliphatic carbocycles. The van der Waals surface area contributed by atoms with Crippen LogP contribution in [0.2, 0.25) is 0 Å². The number of hydrogen-bond acceptors (Lipinski definition) is 3. The Morgan fingerprint density at radius 2 is 2.11 bits per heavy atom. The molecule has 1 saturated carbocycles. The lowest BCUT2D eigenvalue weighted by molar-refractivity contribution is 0.0952. The van der Waals surface area contributed by atoms with Gasteiger partial charge in [0.05, 0.1) is 4.90 Å². The molecule has 1 amide bonds. The number of rotatable bonds is 5. The second-order valence-corrected chi connectivity index (χ2v) is 7.44. The predicted octanol–water partition coefficient (Wildman–Crippen LogP) is 2.45. The minimum atomic E-state index is -3.82. The maximum Gasteiger partial charge on any atom is 0.261 e. The van der Waals surface area contributed by atoms with Crippen LogP contribution in [0.4, 0.5) is 0 Å². The van der Waals surface area contributed by atoms with Crippen LogP contribution in [0.5, 0.6) is 0 Å². The Bertz CT molecular complexity index is 594. The third-order valence-electron chi connectivity index (χ3n) is 3.25. The van der Waals surface area contributed by atoms with Crippen LogP contribution in [0.3, 0.4) is 0 Å². The number of hydrogen-bond donors (Lipinski definition) is 1. The first-order chi connectivity index (χ1) is 8.88. The second kappa shape index (κ2) is 5.51. The molecule has 0 spiro atoms. The smallest absolute Gasteiger partial charge is 0.261 e. The van der Waals surface area contributed by atoms with Crippen LogP contribution in [-0.2, 0) is 9.05 Å². The molecule has 4 nitrogen and oxygen atoms in total. The van der Waals surface area contributed by atoms with Gasteiger partial charge in [-0.25, -0.2) is 8.42 Å². The van der Waals surface area contributed by atoms with Crippen molar-refractivity contribution in [2.75, 3.05) is 6.54 Å². The van der Waals surface area contributed by atoms with E-state index >= 15 is 0 Å². The van der Waals surface area contributed by atoms with E-state index in [1.165, 1.54) is 18.9 Å². The minimum Gasteiger partial charge on any atom is -0.352 e. The van der Waals surface area contributed by atoms with Gasteiger partial charge in [-0.3, -0.25) is 4.79 Å². The Balaban J connectivity index is 2.08. The topological polar surface area (TPSA) is 63.2 Å². The Morgan fingerprint density at radius 1 is 1.42 bits per heavy atom. The van der Waals surface area contributed by atoms with E-state index in [4.69, 9.17) is 10.7 Å². The highest BCUT2D eigenvalue weighted by Crippen LogP contribution is 2.31. The summed E-state index contributed by atoms with van der Waals surface area (Å²) < 4.78 is 22.7. The van der Waals surface area contributed by atoms with E-state index in [2.05, 4.69) is 5.32 Å². The van der Waals surface area contributed by atoms with E-state index in [1.54, 1.807) is 19.1 Å². The van der Waals surface area contributed by atoms with Crippen LogP contribution in [0.15, 0.2) is 23.1 Å². The van der Waals surface area contributed by atoms with Gasteiger partial charge in [-0.2, -0.15) is 0 Å². The van der Waals surface area contributed by atoms with E-state index in [1.807, 2.05) is 0 Å². The highest BCUT2D eigenvalue weighted by atomic mass is 35.7. The van der Waals surface area contributed by atoms with Crippen LogP contribution < -0.4 is 5.32 Å². The van der Waals surface area contributed by atoms with Crippen LogP contribution in [0, 0.1) is 12.8 Å². The summed E-state index contributed by atoms with van der Waals surface area (Å²) in [6.45, 7) is 2.27. The van der Waals surface area contributed by atoms with Gasteiger partial charge in [0.1, 0.15) is 0 Å². The van der Waals surface area contributed by atoms with Gasteiger partial charge in [-0.05, 0) is 37.0 Å². The maximum absolute atomic E-state index is 11.9. The van der Waals surface area contributed by atoms with Crippen molar-refractivity contribution in [3.8, 4) is 0 Å². The van der Waals surface area contributed by atoms with Crippen molar-refractivity contribution >= 4 is 25.6 Å². The third-order valence-corrected chi connectivity index (χ3v) is 4.71. The lowest BCUT2D eigenvalue weighted by Gasteiger charge is -2.07. The Hall–Kier alpha value is -1.07. The van der Waals surface area contributed by atoms with Gasteiger partial charge >= 0.3 is 0 Å². The zero-order valence-electron chi connectivity index (χ0n) is 10.6. The highest BCUT2D eigenvalue weighted by Gasteiger charge is 2.21. The SMILES string of the molecule is Cc1ccc(C(=O)NCCC2CC2)cc1S(=O)(=O)Cl. The van der Waals surface area contributed by atoms with E-state index < -0.39 is 9.05 Å². The number of halogens is 1. The molecule has 6 heteroatoms. The molecule has 1 aliphatic rings. The summed E-state index contributed by atoms with van der Waals surface area (Å²) in [4.78, 5) is 11.9. The minimum absolute atomic E-state index is 0.0102. The van der Waals surface area contributed by atoms with Crippen LogP contribution in [-0.4, -0.2) is 20.9 Å². The number of nitrogens with one attached hydrogen (secondary N) is 1. The van der Waals surface area contributed by atoms with Gasteiger partial charge in [0.15, 0.2) is 0 Å². The van der Waals surface area contributed by atoms with Gasteiger partial charge in [0, 0.05) is 22.8 Å². The monoisotopic (exact) mass is 301 g/mol. The van der Waals surface area contributed by atoms with Crippen LogP contribution in [0.1, 0.15) is 35.2 Å². The highest BCUT2D eigenvalue weighted by molar-refractivity contribution is 8.13. The summed E-state index contributed by atoms with van der Waals surface area (Å²) >= 11 is 0. The van der Waals surface area contributed by atoms with Crippen molar-refractivity contribution in [3.05, 3.63) is 29.3 Å². The van der Waals surface area contributed by atoms with Gasteiger partial charge in [-0.15, -0.1) is 0 Å². The van der Waals surface area contributed by atoms with E-state index in [0.29, 0.717) is 17.7 Å². The molecule has 1 aromatic carbocycles. The standard InChI is InChI=1S/C13H16ClNO3S/c1-9-2-5-11(8-12(9)19(14,17)18)13(16)15-7-6-10-3-4-10/h2,5,8,10H,3-4,6-7H2,1H3,(H,15,16). The summed E-state index contributed by atoms with van der Waals surface area (Å²) in [5.74, 6) is 0.485. The fourth-order valence-corrected chi connectivity index (χ4v) is 3.12. The number of amides is 1. The van der Waals surface area contributed by atoms with Gasteiger partial charge in [0.25, 0.3) is 15.0 Å². The molecular weight excluding hydrogens is 286 g/mol. The molecule has 1 fully saturated rings. The molecule has 0 saturated heterocycles. The third kappa shape index (κ3) is 3.94. The molecular formula is C13H16ClNO3S. The summed E-state index contributed by atoms with van der Waals surface area (Å²) in [6.07, 6.45) is 3.47. The summed E-state index contributed by atoms with van der Waals surface area (Å²) in [7, 11) is 1.51. The van der Waals surface area contributed by atoms with Crippen molar-refractivity contribution < 1.29 is 13.2 Å². The number of carbonyl (C=O) groups is 1. The summed E-state index contributed by atoms with van der Waals surface area (Å²) in [5.41, 5.74) is 0.852. The molecule has 19 heavy (non-hydrogen) atoms. The first kappa shape index (κ1) is 14.3. The van der Waals surface area contributed by atoms with E-state index in [0.717, 1.165) is 12.3 Å². The van der Waals surface area contributed by atoms with Crippen molar-refractivity contribution in [2.24, 2.45) is 5.92 Å². The lowest BCUT2D eigenvalue weighted by Crippen LogP contribution is -2.25. The van der Waals surface area contributed by atoms with E-state index in [9.17, 15) is 13.2 Å². The summed E-state index contributed by atoms with van der Waals surface area (Å²) in [6, 6.07) is 4.52. The fourth-order valence-electron chi connectivity index (χ4n) is 1.90. The molecule has 0 radical (unpaired) electrons. The van der Waals surface area contributed by atoms with Crippen molar-refractivity contribution in [3.63, 3.8) is 0 Å². The summed E-state index contributed by atoms with van der Waals surface area (Å²) in [5, 5.41) is 2.79. The Labute approximate surface area is 117 Å². The van der Waals surface area contributed by atoms with Crippen LogP contribution >= 0.6 is 10.7 Å². The number of aryl methyl sites for hydroxylation is 1. The van der Waals surface area contributed by atoms with Gasteiger partial charge in [-0.1, -0.05) is 18.9 Å². The normalized spacial score (nSPS) is 15.3. The first-order valence-electron chi connectivity index (χ1n) is 6.21. The van der Waals surface area contributed by atoms with Crippen LogP contribution in [0.25, 0.3) is 0 Å². The molecule has 0 heterocycles. The average Bonchev–Trinajstić information content (AvgIpc) is 3.12. The largest absolute Gasteiger partial charge is 0.352 e. The molecule has 1 aromatic rings. The fraction of sp³-hybridized carbons (Fsp3) is 0.462. The van der Waals surface area contributed by atoms with Crippen molar-refractivity contribution in [1.82, 2.24) is 5.32 Å². The quantitative estimate of drug-likeness (QED) is 0.850. The maximum atomic E-state index is 11.9. The Kier molecular flexibility index (Phi) is 4.16. The molecule has 0 unspecified atom stereocenters. The van der Waals surface area contributed by atoms with Crippen molar-refractivity contribution in [1.29, 1.82) is 0 Å². The van der Waals surface area contributed by atoms with E-state index in [-0.39, 0.29) is 10.8 Å². The molecule has 0 atom stereocenters. The predicted molar refractivity (Wildman–Crippen MR) is 73.9 cm³/mol. The second-order valence-electron chi connectivity index (χ2n) is 4.91.